The van der Waals surface area contributed by atoms with E-state index in [1.165, 1.54) is 6.33 Å². The molecule has 2 unspecified atom stereocenters. The number of nitrogens with one attached hydrogen (secondary N) is 1. The molecule has 0 bridgehead atoms. The molecule has 0 spiro atoms. The van der Waals surface area contributed by atoms with Gasteiger partial charge in [0, 0.05) is 6.54 Å². The van der Waals surface area contributed by atoms with Crippen LogP contribution < -0.4 is 16.2 Å². The molecule has 0 saturated carbocycles. The first-order valence-electron chi connectivity index (χ1n) is 5.83. The van der Waals surface area contributed by atoms with Crippen molar-refractivity contribution in [2.75, 3.05) is 17.2 Å². The summed E-state index contributed by atoms with van der Waals surface area (Å²) in [4.78, 5) is 30.7. The molecule has 1 fully saturated rings. The van der Waals surface area contributed by atoms with Gasteiger partial charge < -0.3 is 20.7 Å². The lowest BCUT2D eigenvalue weighted by atomic mass is 9.92. The zero-order valence-electron chi connectivity index (χ0n) is 10.1. The van der Waals surface area contributed by atoms with Gasteiger partial charge in [-0.2, -0.15) is 0 Å². The molecule has 1 aliphatic rings. The number of rotatable bonds is 2. The van der Waals surface area contributed by atoms with Crippen LogP contribution in [0, 0.1) is 5.92 Å². The normalized spacial score (nSPS) is 23.9. The molecular weight excluding hydrogens is 236 g/mol. The summed E-state index contributed by atoms with van der Waals surface area (Å²) in [6.07, 6.45) is 2.63. The average molecular weight is 252 g/mol. The standard InChI is InChI=1S/C11H16N4O3/c1-6-2-3-15(7(4-6)11(17)18)9-8(12)10(16)14-5-13-9/h5-7H,2-4,12H2,1H3,(H,17,18)(H,13,14,16). The number of nitrogens with two attached hydrogens (primary N) is 1. The fourth-order valence-corrected chi connectivity index (χ4v) is 2.26. The number of carbonyl (C=O) groups is 1. The number of nitrogens with zero attached hydrogens (tertiary/aromatic N) is 2. The Kier molecular flexibility index (Phi) is 3.22. The van der Waals surface area contributed by atoms with Crippen LogP contribution in [0.4, 0.5) is 11.5 Å². The van der Waals surface area contributed by atoms with E-state index in [1.54, 1.807) is 4.90 Å². The monoisotopic (exact) mass is 252 g/mol. The number of aromatic nitrogens is 2. The maximum absolute atomic E-state index is 11.4. The lowest BCUT2D eigenvalue weighted by molar-refractivity contribution is -0.139. The van der Waals surface area contributed by atoms with Crippen molar-refractivity contribution in [3.05, 3.63) is 16.7 Å². The number of carboxylic acid groups (broad SMARTS) is 1. The number of aliphatic carboxylic acids is 1. The van der Waals surface area contributed by atoms with Gasteiger partial charge in [0.25, 0.3) is 5.56 Å². The van der Waals surface area contributed by atoms with E-state index in [1.807, 2.05) is 6.92 Å². The summed E-state index contributed by atoms with van der Waals surface area (Å²) in [7, 11) is 0. The summed E-state index contributed by atoms with van der Waals surface area (Å²) in [6.45, 7) is 2.56. The summed E-state index contributed by atoms with van der Waals surface area (Å²) < 4.78 is 0. The van der Waals surface area contributed by atoms with E-state index in [0.717, 1.165) is 6.42 Å². The predicted octanol–water partition coefficient (Wildman–Crippen LogP) is 0.0416. The van der Waals surface area contributed by atoms with Crippen molar-refractivity contribution >= 4 is 17.5 Å². The first-order chi connectivity index (χ1) is 8.50. The maximum Gasteiger partial charge on any atom is 0.326 e. The molecule has 0 amide bonds. The minimum absolute atomic E-state index is 0.0293. The topological polar surface area (TPSA) is 112 Å². The van der Waals surface area contributed by atoms with Crippen LogP contribution in [0.5, 0.6) is 0 Å². The van der Waals surface area contributed by atoms with E-state index >= 15 is 0 Å². The highest BCUT2D eigenvalue weighted by atomic mass is 16.4. The van der Waals surface area contributed by atoms with Crippen LogP contribution >= 0.6 is 0 Å². The highest BCUT2D eigenvalue weighted by molar-refractivity contribution is 5.79. The molecule has 1 aromatic heterocycles. The van der Waals surface area contributed by atoms with E-state index in [9.17, 15) is 14.7 Å². The van der Waals surface area contributed by atoms with Crippen molar-refractivity contribution in [3.8, 4) is 0 Å². The minimum atomic E-state index is -0.914. The molecule has 7 heteroatoms. The number of piperidine rings is 1. The summed E-state index contributed by atoms with van der Waals surface area (Å²) in [6, 6.07) is -0.676. The van der Waals surface area contributed by atoms with Gasteiger partial charge in [0.05, 0.1) is 6.33 Å². The summed E-state index contributed by atoms with van der Waals surface area (Å²) in [5.41, 5.74) is 5.20. The quantitative estimate of drug-likeness (QED) is 0.685. The van der Waals surface area contributed by atoms with Crippen LogP contribution in [-0.2, 0) is 4.79 Å². The third-order valence-corrected chi connectivity index (χ3v) is 3.29. The smallest absolute Gasteiger partial charge is 0.326 e. The Hall–Kier alpha value is -2.05. The number of nitrogen functional groups attached to an aromatic ring is 1. The van der Waals surface area contributed by atoms with Crippen molar-refractivity contribution in [1.82, 2.24) is 9.97 Å². The van der Waals surface area contributed by atoms with Crippen molar-refractivity contribution in [2.24, 2.45) is 5.92 Å². The molecule has 0 radical (unpaired) electrons. The summed E-state index contributed by atoms with van der Waals surface area (Å²) in [5, 5.41) is 9.25. The second-order valence-corrected chi connectivity index (χ2v) is 4.65. The van der Waals surface area contributed by atoms with E-state index in [-0.39, 0.29) is 11.5 Å². The van der Waals surface area contributed by atoms with Crippen LogP contribution in [0.3, 0.4) is 0 Å². The van der Waals surface area contributed by atoms with Gasteiger partial charge in [-0.15, -0.1) is 0 Å². The fourth-order valence-electron chi connectivity index (χ4n) is 2.26. The molecule has 0 aromatic carbocycles. The molecule has 98 valence electrons. The second kappa shape index (κ2) is 4.67. The van der Waals surface area contributed by atoms with Gasteiger partial charge in [-0.1, -0.05) is 6.92 Å². The van der Waals surface area contributed by atoms with Gasteiger partial charge in [0.15, 0.2) is 5.82 Å². The maximum atomic E-state index is 11.4. The van der Waals surface area contributed by atoms with E-state index in [0.29, 0.717) is 18.9 Å². The SMILES string of the molecule is CC1CCN(c2nc[nH]c(=O)c2N)C(C(=O)O)C1. The Morgan fingerprint density at radius 2 is 2.39 bits per heavy atom. The van der Waals surface area contributed by atoms with Crippen molar-refractivity contribution in [3.63, 3.8) is 0 Å². The van der Waals surface area contributed by atoms with Gasteiger partial charge in [-0.05, 0) is 18.8 Å². The number of hydrogen-bond donors (Lipinski definition) is 3. The highest BCUT2D eigenvalue weighted by Gasteiger charge is 2.33. The molecule has 7 nitrogen and oxygen atoms in total. The van der Waals surface area contributed by atoms with E-state index in [4.69, 9.17) is 5.73 Å². The van der Waals surface area contributed by atoms with Crippen molar-refractivity contribution in [2.45, 2.75) is 25.8 Å². The molecule has 2 atom stereocenters. The third-order valence-electron chi connectivity index (χ3n) is 3.29. The van der Waals surface area contributed by atoms with Crippen LogP contribution in [0.25, 0.3) is 0 Å². The van der Waals surface area contributed by atoms with E-state index < -0.39 is 17.6 Å². The van der Waals surface area contributed by atoms with Crippen LogP contribution in [0.15, 0.2) is 11.1 Å². The van der Waals surface area contributed by atoms with Crippen LogP contribution in [-0.4, -0.2) is 33.6 Å². The molecule has 18 heavy (non-hydrogen) atoms. The Morgan fingerprint density at radius 1 is 1.67 bits per heavy atom. The summed E-state index contributed by atoms with van der Waals surface area (Å²) in [5.74, 6) is -0.313. The van der Waals surface area contributed by atoms with Gasteiger partial charge in [-0.3, -0.25) is 4.79 Å². The Balaban J connectivity index is 2.38. The number of carboxylic acids is 1. The van der Waals surface area contributed by atoms with Crippen molar-refractivity contribution in [1.29, 1.82) is 0 Å². The highest BCUT2D eigenvalue weighted by Crippen LogP contribution is 2.28. The number of anilines is 2. The number of hydrogen-bond acceptors (Lipinski definition) is 5. The molecule has 2 rings (SSSR count). The largest absolute Gasteiger partial charge is 0.480 e. The van der Waals surface area contributed by atoms with Gasteiger partial charge in [-0.25, -0.2) is 9.78 Å². The first kappa shape index (κ1) is 12.4. The lowest BCUT2D eigenvalue weighted by Gasteiger charge is -2.37. The summed E-state index contributed by atoms with van der Waals surface area (Å²) >= 11 is 0. The lowest BCUT2D eigenvalue weighted by Crippen LogP contribution is -2.48. The molecule has 1 aliphatic heterocycles. The fraction of sp³-hybridized carbons (Fsp3) is 0.545. The minimum Gasteiger partial charge on any atom is -0.480 e. The zero-order valence-corrected chi connectivity index (χ0v) is 10.1. The third kappa shape index (κ3) is 2.15. The molecule has 1 aromatic rings. The molecular formula is C11H16N4O3. The second-order valence-electron chi connectivity index (χ2n) is 4.65. The van der Waals surface area contributed by atoms with Gasteiger partial charge in [0.1, 0.15) is 11.7 Å². The molecule has 1 saturated heterocycles. The van der Waals surface area contributed by atoms with Crippen LogP contribution in [0.2, 0.25) is 0 Å². The first-order valence-corrected chi connectivity index (χ1v) is 5.83. The van der Waals surface area contributed by atoms with Crippen LogP contribution in [0.1, 0.15) is 19.8 Å². The number of aromatic amines is 1. The molecule has 0 aliphatic carbocycles. The van der Waals surface area contributed by atoms with E-state index in [2.05, 4.69) is 9.97 Å². The molecule has 2 heterocycles. The van der Waals surface area contributed by atoms with Gasteiger partial charge >= 0.3 is 5.97 Å². The number of H-pyrrole nitrogens is 1. The zero-order chi connectivity index (χ0) is 13.3. The Morgan fingerprint density at radius 3 is 3.06 bits per heavy atom. The average Bonchev–Trinajstić information content (AvgIpc) is 2.33. The Labute approximate surface area is 104 Å². The molecule has 4 N–H and O–H groups in total. The Bertz CT molecular complexity index is 513. The van der Waals surface area contributed by atoms with Crippen molar-refractivity contribution < 1.29 is 9.90 Å². The predicted molar refractivity (Wildman–Crippen MR) is 66.4 cm³/mol. The van der Waals surface area contributed by atoms with Gasteiger partial charge in [0.2, 0.25) is 0 Å².